The Morgan fingerprint density at radius 2 is 1.46 bits per heavy atom. The van der Waals surface area contributed by atoms with Crippen LogP contribution < -0.4 is 21.3 Å². The Morgan fingerprint density at radius 1 is 0.846 bits per heavy atom. The first-order chi connectivity index (χ1) is 19.2. The van der Waals surface area contributed by atoms with E-state index < -0.39 is 5.97 Å². The fourth-order valence-electron chi connectivity index (χ4n) is 4.94. The zero-order chi connectivity index (χ0) is 27.0. The zero-order valence-corrected chi connectivity index (χ0v) is 21.8. The van der Waals surface area contributed by atoms with E-state index in [4.69, 9.17) is 0 Å². The van der Waals surface area contributed by atoms with Crippen molar-refractivity contribution in [2.75, 3.05) is 11.4 Å². The van der Waals surface area contributed by atoms with Crippen molar-refractivity contribution in [2.45, 2.75) is 6.92 Å². The van der Waals surface area contributed by atoms with Gasteiger partial charge in [0.05, 0.1) is 0 Å². The van der Waals surface area contributed by atoms with Gasteiger partial charge in [0.1, 0.15) is 5.70 Å². The van der Waals surface area contributed by atoms with Crippen molar-refractivity contribution in [1.29, 1.82) is 0 Å². The van der Waals surface area contributed by atoms with Gasteiger partial charge in [-0.25, -0.2) is 9.79 Å². The average molecular weight is 508 g/mol. The Hall–Kier alpha value is -4.90. The Bertz CT molecular complexity index is 1530. The molecule has 39 heavy (non-hydrogen) atoms. The molecule has 0 aromatic heterocycles. The van der Waals surface area contributed by atoms with E-state index in [-0.39, 0.29) is 12.4 Å². The summed E-state index contributed by atoms with van der Waals surface area (Å²) in [5, 5.41) is 9.95. The maximum atomic E-state index is 12.2. The first kappa shape index (κ1) is 25.7. The van der Waals surface area contributed by atoms with Crippen molar-refractivity contribution < 1.29 is 9.90 Å². The van der Waals surface area contributed by atoms with Crippen LogP contribution in [0.3, 0.4) is 0 Å². The minimum absolute atomic E-state index is 0.0141. The van der Waals surface area contributed by atoms with Gasteiger partial charge in [-0.05, 0) is 36.3 Å². The first-order valence-electron chi connectivity index (χ1n) is 13.1. The summed E-state index contributed by atoms with van der Waals surface area (Å²) in [5.41, 5.74) is 7.33. The lowest BCUT2D eigenvalue weighted by Gasteiger charge is -2.26. The second kappa shape index (κ2) is 12.1. The van der Waals surface area contributed by atoms with Crippen LogP contribution in [0.1, 0.15) is 18.1 Å². The lowest BCUT2D eigenvalue weighted by Crippen LogP contribution is -2.53. The summed E-state index contributed by atoms with van der Waals surface area (Å²) in [6, 6.07) is 36.8. The number of aliphatic carboxylic acids is 1. The van der Waals surface area contributed by atoms with Gasteiger partial charge in [-0.15, -0.1) is 0 Å². The standard InChI is InChI=1S/C34H29BN2O2/c1-2-37-24-23-26(30-18-10-12-20-33(30)37)21-22-32(34(38)39)36-25-27-13-9-11-19-31(27)35(28-14-5-3-6-15-28)29-16-7-4-8-17-29/h3-25H,2H2,1H3,(H,38,39). The molecule has 4 nitrogen and oxygen atoms in total. The predicted molar refractivity (Wildman–Crippen MR) is 164 cm³/mol. The second-order valence-electron chi connectivity index (χ2n) is 9.24. The molecular weight excluding hydrogens is 479 g/mol. The molecular formula is C34H29BN2O2. The molecule has 4 aromatic rings. The highest BCUT2D eigenvalue weighted by Crippen LogP contribution is 2.32. The molecule has 1 aliphatic heterocycles. The normalized spacial score (nSPS) is 14.0. The highest BCUT2D eigenvalue weighted by Gasteiger charge is 2.23. The van der Waals surface area contributed by atoms with Gasteiger partial charge in [0, 0.05) is 30.2 Å². The van der Waals surface area contributed by atoms with Crippen LogP contribution in [0.25, 0.3) is 5.57 Å². The topological polar surface area (TPSA) is 52.9 Å². The monoisotopic (exact) mass is 508 g/mol. The largest absolute Gasteiger partial charge is 0.477 e. The number of hydrogen-bond donors (Lipinski definition) is 1. The van der Waals surface area contributed by atoms with Gasteiger partial charge in [-0.2, -0.15) is 0 Å². The Kier molecular flexibility index (Phi) is 7.99. The molecule has 0 unspecified atom stereocenters. The molecule has 5 rings (SSSR count). The van der Waals surface area contributed by atoms with Crippen LogP contribution in [-0.2, 0) is 4.79 Å². The molecule has 1 aliphatic rings. The maximum Gasteiger partial charge on any atom is 0.354 e. The third-order valence-corrected chi connectivity index (χ3v) is 6.85. The minimum atomic E-state index is -1.08. The third kappa shape index (κ3) is 5.83. The fraction of sp³-hybridized carbons (Fsp3) is 0.0588. The van der Waals surface area contributed by atoms with Crippen LogP contribution in [-0.4, -0.2) is 30.5 Å². The highest BCUT2D eigenvalue weighted by molar-refractivity contribution is 6.96. The Morgan fingerprint density at radius 3 is 2.13 bits per heavy atom. The summed E-state index contributed by atoms with van der Waals surface area (Å²) in [7, 11) is 0. The second-order valence-corrected chi connectivity index (χ2v) is 9.24. The van der Waals surface area contributed by atoms with Gasteiger partial charge in [0.2, 0.25) is 6.71 Å². The van der Waals surface area contributed by atoms with Crippen LogP contribution in [0.4, 0.5) is 5.69 Å². The van der Waals surface area contributed by atoms with Crippen LogP contribution in [0.15, 0.2) is 144 Å². The van der Waals surface area contributed by atoms with Crippen LogP contribution in [0.2, 0.25) is 0 Å². The van der Waals surface area contributed by atoms with E-state index in [9.17, 15) is 9.90 Å². The van der Waals surface area contributed by atoms with E-state index in [1.54, 1.807) is 12.3 Å². The number of rotatable bonds is 8. The van der Waals surface area contributed by atoms with Crippen molar-refractivity contribution in [3.63, 3.8) is 0 Å². The van der Waals surface area contributed by atoms with Crippen LogP contribution in [0, 0.1) is 0 Å². The van der Waals surface area contributed by atoms with Crippen molar-refractivity contribution in [1.82, 2.24) is 0 Å². The summed E-state index contributed by atoms with van der Waals surface area (Å²) in [5.74, 6) is -1.08. The van der Waals surface area contributed by atoms with E-state index in [0.717, 1.165) is 45.3 Å². The van der Waals surface area contributed by atoms with Gasteiger partial charge < -0.3 is 10.0 Å². The molecule has 1 N–H and O–H groups in total. The Labute approximate surface area is 230 Å². The molecule has 5 heteroatoms. The molecule has 0 aliphatic carbocycles. The first-order valence-corrected chi connectivity index (χ1v) is 13.1. The lowest BCUT2D eigenvalue weighted by atomic mass is 9.36. The third-order valence-electron chi connectivity index (χ3n) is 6.85. The number of anilines is 1. The highest BCUT2D eigenvalue weighted by atomic mass is 16.4. The van der Waals surface area contributed by atoms with Crippen molar-refractivity contribution in [2.24, 2.45) is 4.99 Å². The summed E-state index contributed by atoms with van der Waals surface area (Å²) in [6.07, 6.45) is 9.09. The van der Waals surface area contributed by atoms with Crippen LogP contribution >= 0.6 is 0 Å². The molecule has 190 valence electrons. The van der Waals surface area contributed by atoms with Crippen LogP contribution in [0.5, 0.6) is 0 Å². The number of carboxylic acid groups (broad SMARTS) is 1. The van der Waals surface area contributed by atoms with Crippen molar-refractivity contribution >= 4 is 46.5 Å². The van der Waals surface area contributed by atoms with Gasteiger partial charge in [0.25, 0.3) is 0 Å². The number of carboxylic acids is 1. The number of carbonyl (C=O) groups is 1. The molecule has 4 aromatic carbocycles. The molecule has 0 saturated carbocycles. The molecule has 0 saturated heterocycles. The molecule has 1 heterocycles. The zero-order valence-electron chi connectivity index (χ0n) is 21.8. The lowest BCUT2D eigenvalue weighted by molar-refractivity contribution is -0.132. The van der Waals surface area contributed by atoms with Gasteiger partial charge in [0.15, 0.2) is 0 Å². The summed E-state index contributed by atoms with van der Waals surface area (Å²) in [4.78, 5) is 18.8. The SMILES string of the molecule is CCN1C=CC(=CC=C(N=Cc2ccccc2B(c2ccccc2)c2ccccc2)C(=O)O)c2ccccc21. The van der Waals surface area contributed by atoms with Crippen molar-refractivity contribution in [3.05, 3.63) is 150 Å². The van der Waals surface area contributed by atoms with Gasteiger partial charge >= 0.3 is 5.97 Å². The van der Waals surface area contributed by atoms with E-state index in [2.05, 4.69) is 59.3 Å². The van der Waals surface area contributed by atoms with E-state index in [0.29, 0.717) is 0 Å². The summed E-state index contributed by atoms with van der Waals surface area (Å²) < 4.78 is 0. The van der Waals surface area contributed by atoms with E-state index in [1.807, 2.05) is 85.1 Å². The quantitative estimate of drug-likeness (QED) is 0.207. The maximum absolute atomic E-state index is 12.2. The van der Waals surface area contributed by atoms with Gasteiger partial charge in [-0.1, -0.05) is 126 Å². The Balaban J connectivity index is 1.52. The minimum Gasteiger partial charge on any atom is -0.477 e. The number of hydrogen-bond acceptors (Lipinski definition) is 3. The smallest absolute Gasteiger partial charge is 0.354 e. The van der Waals surface area contributed by atoms with E-state index >= 15 is 0 Å². The molecule has 0 spiro atoms. The number of aliphatic imine (C=N–C) groups is 1. The number of fused-ring (bicyclic) bond motifs is 1. The molecule has 0 radical (unpaired) electrons. The summed E-state index contributed by atoms with van der Waals surface area (Å²) >= 11 is 0. The van der Waals surface area contributed by atoms with Gasteiger partial charge in [-0.3, -0.25) is 0 Å². The number of benzene rings is 4. The molecule has 0 atom stereocenters. The average Bonchev–Trinajstić information content (AvgIpc) is 2.99. The summed E-state index contributed by atoms with van der Waals surface area (Å²) in [6.45, 7) is 2.94. The molecule has 0 bridgehead atoms. The van der Waals surface area contributed by atoms with E-state index in [1.165, 1.54) is 0 Å². The molecule has 0 fully saturated rings. The predicted octanol–water partition coefficient (Wildman–Crippen LogP) is 5.03. The fourth-order valence-corrected chi connectivity index (χ4v) is 4.94. The molecule has 0 amide bonds. The van der Waals surface area contributed by atoms with Crippen molar-refractivity contribution in [3.8, 4) is 0 Å². The number of allylic oxidation sites excluding steroid dienone is 4. The number of para-hydroxylation sites is 1. The number of nitrogens with zero attached hydrogens (tertiary/aromatic N) is 2.